The first-order chi connectivity index (χ1) is 16.5. The molecule has 2 unspecified atom stereocenters. The summed E-state index contributed by atoms with van der Waals surface area (Å²) >= 11 is 2.17. The Hall–Kier alpha value is -3.59. The standard InChI is InChI=1S/C27H18INO5/c1-15-6-12-18(13-7-15)32-22-14-21-23-25(20-5-3-2-4-19(20)24(21)33-22)34-27(31)29(26(23)30)17-10-8-16(28)9-11-17/h2-14,21,24H,1H3. The first-order valence-corrected chi connectivity index (χ1v) is 11.9. The molecule has 0 radical (unpaired) electrons. The molecule has 0 fully saturated rings. The molecule has 168 valence electrons. The monoisotopic (exact) mass is 563 g/mol. The molecule has 1 aliphatic carbocycles. The normalized spacial score (nSPS) is 17.8. The summed E-state index contributed by atoms with van der Waals surface area (Å²) in [5.74, 6) is 0.0485. The largest absolute Gasteiger partial charge is 0.456 e. The Morgan fingerprint density at radius 3 is 2.44 bits per heavy atom. The molecule has 2 aliphatic rings. The highest BCUT2D eigenvalue weighted by atomic mass is 127. The van der Waals surface area contributed by atoms with Crippen LogP contribution in [0.1, 0.15) is 28.7 Å². The maximum absolute atomic E-state index is 13.8. The lowest BCUT2D eigenvalue weighted by molar-refractivity contribution is 0.0599. The van der Waals surface area contributed by atoms with E-state index in [2.05, 4.69) is 22.6 Å². The van der Waals surface area contributed by atoms with Crippen LogP contribution in [0.2, 0.25) is 0 Å². The Morgan fingerprint density at radius 1 is 0.941 bits per heavy atom. The average molecular weight is 563 g/mol. The molecular formula is C27H18INO5. The number of aryl methyl sites for hydroxylation is 1. The van der Waals surface area contributed by atoms with E-state index in [1.807, 2.05) is 67.6 Å². The third-order valence-electron chi connectivity index (χ3n) is 6.10. The Balaban J connectivity index is 1.52. The van der Waals surface area contributed by atoms with Gasteiger partial charge in [-0.05, 0) is 65.9 Å². The van der Waals surface area contributed by atoms with Gasteiger partial charge in [0.25, 0.3) is 11.5 Å². The van der Waals surface area contributed by atoms with Gasteiger partial charge in [0.1, 0.15) is 17.6 Å². The summed E-state index contributed by atoms with van der Waals surface area (Å²) in [5, 5.41) is 0. The number of aromatic nitrogens is 1. The van der Waals surface area contributed by atoms with Crippen molar-refractivity contribution in [1.82, 2.24) is 4.57 Å². The van der Waals surface area contributed by atoms with Crippen LogP contribution < -0.4 is 16.1 Å². The lowest BCUT2D eigenvalue weighted by Crippen LogP contribution is -2.36. The van der Waals surface area contributed by atoms with Gasteiger partial charge in [-0.2, -0.15) is 0 Å². The lowest BCUT2D eigenvalue weighted by atomic mass is 9.81. The van der Waals surface area contributed by atoms with Crippen molar-refractivity contribution in [3.63, 3.8) is 0 Å². The van der Waals surface area contributed by atoms with E-state index < -0.39 is 23.3 Å². The summed E-state index contributed by atoms with van der Waals surface area (Å²) in [4.78, 5) is 26.7. The Labute approximate surface area is 208 Å². The first kappa shape index (κ1) is 21.0. The van der Waals surface area contributed by atoms with E-state index in [1.165, 1.54) is 0 Å². The van der Waals surface area contributed by atoms with E-state index in [9.17, 15) is 9.59 Å². The molecule has 34 heavy (non-hydrogen) atoms. The van der Waals surface area contributed by atoms with Crippen molar-refractivity contribution in [2.45, 2.75) is 18.9 Å². The van der Waals surface area contributed by atoms with Gasteiger partial charge in [0, 0.05) is 20.8 Å². The smallest absolute Gasteiger partial charge is 0.426 e. The van der Waals surface area contributed by atoms with Crippen molar-refractivity contribution in [3.05, 3.63) is 126 Å². The minimum absolute atomic E-state index is 0.282. The van der Waals surface area contributed by atoms with Crippen LogP contribution in [0.15, 0.2) is 98.8 Å². The number of ether oxygens (including phenoxy) is 2. The SMILES string of the molecule is Cc1ccc(OC2=CC3c4c(oc(=O)n(-c5ccc(I)cc5)c4=O)-c4ccccc4C3O2)cc1. The molecule has 0 saturated carbocycles. The number of halogens is 1. The lowest BCUT2D eigenvalue weighted by Gasteiger charge is -2.27. The van der Waals surface area contributed by atoms with Crippen LogP contribution in [-0.2, 0) is 4.74 Å². The molecule has 7 heteroatoms. The number of benzene rings is 3. The number of rotatable bonds is 3. The average Bonchev–Trinajstić information content (AvgIpc) is 3.25. The van der Waals surface area contributed by atoms with Gasteiger partial charge < -0.3 is 13.9 Å². The van der Waals surface area contributed by atoms with Crippen molar-refractivity contribution in [1.29, 1.82) is 0 Å². The van der Waals surface area contributed by atoms with Crippen LogP contribution in [0.3, 0.4) is 0 Å². The second-order valence-electron chi connectivity index (χ2n) is 8.28. The van der Waals surface area contributed by atoms with Gasteiger partial charge in [-0.1, -0.05) is 42.0 Å². The fourth-order valence-electron chi connectivity index (χ4n) is 4.49. The summed E-state index contributed by atoms with van der Waals surface area (Å²) in [6.07, 6.45) is 1.33. The molecule has 0 N–H and O–H groups in total. The molecule has 0 saturated heterocycles. The predicted molar refractivity (Wildman–Crippen MR) is 135 cm³/mol. The van der Waals surface area contributed by atoms with E-state index in [0.717, 1.165) is 19.3 Å². The molecule has 0 amide bonds. The van der Waals surface area contributed by atoms with Crippen molar-refractivity contribution < 1.29 is 13.9 Å². The van der Waals surface area contributed by atoms with Crippen LogP contribution >= 0.6 is 22.6 Å². The molecule has 6 nitrogen and oxygen atoms in total. The van der Waals surface area contributed by atoms with Gasteiger partial charge in [-0.3, -0.25) is 4.79 Å². The second-order valence-corrected chi connectivity index (χ2v) is 9.53. The third-order valence-corrected chi connectivity index (χ3v) is 6.82. The fourth-order valence-corrected chi connectivity index (χ4v) is 4.85. The Bertz CT molecular complexity index is 1560. The highest BCUT2D eigenvalue weighted by Gasteiger charge is 2.43. The first-order valence-electron chi connectivity index (χ1n) is 10.8. The van der Waals surface area contributed by atoms with Gasteiger partial charge in [0.05, 0.1) is 17.2 Å². The highest BCUT2D eigenvalue weighted by Crippen LogP contribution is 2.50. The molecule has 2 atom stereocenters. The minimum Gasteiger partial charge on any atom is -0.456 e. The summed E-state index contributed by atoms with van der Waals surface area (Å²) in [5.41, 5.74) is 3.05. The highest BCUT2D eigenvalue weighted by molar-refractivity contribution is 14.1. The summed E-state index contributed by atoms with van der Waals surface area (Å²) < 4.78 is 20.0. The zero-order valence-electron chi connectivity index (χ0n) is 18.0. The molecule has 1 aromatic heterocycles. The number of hydrogen-bond donors (Lipinski definition) is 0. The molecule has 3 aromatic carbocycles. The van der Waals surface area contributed by atoms with Crippen molar-refractivity contribution in [2.24, 2.45) is 0 Å². The second kappa shape index (κ2) is 8.02. The maximum atomic E-state index is 13.8. The molecular weight excluding hydrogens is 545 g/mol. The zero-order chi connectivity index (χ0) is 23.4. The van der Waals surface area contributed by atoms with Crippen molar-refractivity contribution in [3.8, 4) is 22.8 Å². The minimum atomic E-state index is -0.725. The van der Waals surface area contributed by atoms with E-state index in [1.54, 1.807) is 18.2 Å². The van der Waals surface area contributed by atoms with E-state index in [-0.39, 0.29) is 5.76 Å². The Kier molecular flexibility index (Phi) is 4.95. The van der Waals surface area contributed by atoms with E-state index in [4.69, 9.17) is 13.9 Å². The predicted octanol–water partition coefficient (Wildman–Crippen LogP) is 5.46. The third kappa shape index (κ3) is 3.38. The molecule has 2 heterocycles. The van der Waals surface area contributed by atoms with Crippen LogP contribution in [0.25, 0.3) is 17.0 Å². The molecule has 6 rings (SSSR count). The van der Waals surface area contributed by atoms with Gasteiger partial charge in [-0.25, -0.2) is 9.36 Å². The van der Waals surface area contributed by atoms with Crippen LogP contribution in [0, 0.1) is 10.5 Å². The number of hydrogen-bond acceptors (Lipinski definition) is 5. The quantitative estimate of drug-likeness (QED) is 0.310. The van der Waals surface area contributed by atoms with Crippen LogP contribution in [-0.4, -0.2) is 4.57 Å². The van der Waals surface area contributed by atoms with E-state index in [0.29, 0.717) is 28.5 Å². The maximum Gasteiger partial charge on any atom is 0.426 e. The van der Waals surface area contributed by atoms with Gasteiger partial charge in [0.15, 0.2) is 0 Å². The summed E-state index contributed by atoms with van der Waals surface area (Å²) in [7, 11) is 0. The van der Waals surface area contributed by atoms with Crippen LogP contribution in [0.4, 0.5) is 0 Å². The summed E-state index contributed by atoms with van der Waals surface area (Å²) in [6.45, 7) is 2.00. The van der Waals surface area contributed by atoms with Gasteiger partial charge >= 0.3 is 5.76 Å². The molecule has 4 aromatic rings. The fraction of sp³-hybridized carbons (Fsp3) is 0.111. The van der Waals surface area contributed by atoms with Gasteiger partial charge in [-0.15, -0.1) is 0 Å². The summed E-state index contributed by atoms with van der Waals surface area (Å²) in [6, 6.07) is 22.3. The Morgan fingerprint density at radius 2 is 1.68 bits per heavy atom. The zero-order valence-corrected chi connectivity index (χ0v) is 20.2. The van der Waals surface area contributed by atoms with Crippen molar-refractivity contribution >= 4 is 22.6 Å². The molecule has 0 bridgehead atoms. The number of nitrogens with zero attached hydrogens (tertiary/aromatic N) is 1. The van der Waals surface area contributed by atoms with Crippen molar-refractivity contribution in [2.75, 3.05) is 0 Å². The van der Waals surface area contributed by atoms with Crippen LogP contribution in [0.5, 0.6) is 5.75 Å². The number of fused-ring (bicyclic) bond motifs is 6. The topological polar surface area (TPSA) is 70.7 Å². The molecule has 1 aliphatic heterocycles. The van der Waals surface area contributed by atoms with E-state index >= 15 is 0 Å². The van der Waals surface area contributed by atoms with Gasteiger partial charge in [0.2, 0.25) is 0 Å². The molecule has 0 spiro atoms.